The Kier molecular flexibility index (Phi) is 5.00. The van der Waals surface area contributed by atoms with Crippen LogP contribution in [0.2, 0.25) is 0 Å². The number of fused-ring (bicyclic) bond motifs is 2. The second-order valence-electron chi connectivity index (χ2n) is 8.71. The van der Waals surface area contributed by atoms with Crippen molar-refractivity contribution in [3.63, 3.8) is 0 Å². The zero-order valence-corrected chi connectivity index (χ0v) is 18.3. The predicted octanol–water partition coefficient (Wildman–Crippen LogP) is 4.86. The molecular formula is C27H25N5O. The third-order valence-electron chi connectivity index (χ3n) is 6.57. The maximum atomic E-state index is 10.6. The fraction of sp³-hybridized carbons (Fsp3) is 0.222. The van der Waals surface area contributed by atoms with Gasteiger partial charge in [-0.3, -0.25) is 4.40 Å². The van der Waals surface area contributed by atoms with Gasteiger partial charge in [0.2, 0.25) is 5.88 Å². The van der Waals surface area contributed by atoms with Crippen molar-refractivity contribution < 1.29 is 5.11 Å². The number of nitrogens with zero attached hydrogens (tertiary/aromatic N) is 4. The van der Waals surface area contributed by atoms with Crippen LogP contribution in [-0.4, -0.2) is 37.5 Å². The van der Waals surface area contributed by atoms with Crippen molar-refractivity contribution in [2.75, 3.05) is 13.1 Å². The molecule has 0 spiro atoms. The van der Waals surface area contributed by atoms with Crippen molar-refractivity contribution >= 4 is 16.4 Å². The molecule has 1 saturated heterocycles. The molecule has 2 aromatic carbocycles. The van der Waals surface area contributed by atoms with Crippen molar-refractivity contribution in [3.05, 3.63) is 78.9 Å². The minimum atomic E-state index is 0.00246. The quantitative estimate of drug-likeness (QED) is 0.422. The summed E-state index contributed by atoms with van der Waals surface area (Å²) in [5.41, 5.74) is 5.25. The van der Waals surface area contributed by atoms with E-state index in [0.29, 0.717) is 11.4 Å². The summed E-state index contributed by atoms with van der Waals surface area (Å²) in [4.78, 5) is 14.1. The molecule has 0 aliphatic carbocycles. The Morgan fingerprint density at radius 1 is 0.939 bits per heavy atom. The number of imidazole rings is 1. The van der Waals surface area contributed by atoms with E-state index in [2.05, 4.69) is 52.8 Å². The fourth-order valence-electron chi connectivity index (χ4n) is 4.81. The number of benzene rings is 2. The van der Waals surface area contributed by atoms with E-state index in [9.17, 15) is 5.11 Å². The van der Waals surface area contributed by atoms with Crippen molar-refractivity contribution in [2.45, 2.75) is 19.3 Å². The zero-order chi connectivity index (χ0) is 22.2. The highest BCUT2D eigenvalue weighted by Gasteiger charge is 2.21. The van der Waals surface area contributed by atoms with Gasteiger partial charge in [0.25, 0.3) is 0 Å². The molecule has 3 aromatic heterocycles. The van der Waals surface area contributed by atoms with Crippen LogP contribution in [0.15, 0.2) is 73.1 Å². The van der Waals surface area contributed by atoms with Gasteiger partial charge in [-0.2, -0.15) is 0 Å². The molecule has 0 saturated carbocycles. The van der Waals surface area contributed by atoms with Crippen molar-refractivity contribution in [1.29, 1.82) is 0 Å². The first-order valence-electron chi connectivity index (χ1n) is 11.5. The minimum Gasteiger partial charge on any atom is -0.492 e. The summed E-state index contributed by atoms with van der Waals surface area (Å²) >= 11 is 0. The summed E-state index contributed by atoms with van der Waals surface area (Å²) in [7, 11) is 0. The van der Waals surface area contributed by atoms with Crippen LogP contribution in [0, 0.1) is 5.92 Å². The molecule has 164 valence electrons. The van der Waals surface area contributed by atoms with E-state index in [-0.39, 0.29) is 5.88 Å². The molecule has 2 N–H and O–H groups in total. The molecule has 4 heterocycles. The summed E-state index contributed by atoms with van der Waals surface area (Å²) in [5.74, 6) is 1.56. The summed E-state index contributed by atoms with van der Waals surface area (Å²) < 4.78 is 2.00. The zero-order valence-electron chi connectivity index (χ0n) is 18.3. The molecular weight excluding hydrogens is 410 g/mol. The molecule has 6 rings (SSSR count). The van der Waals surface area contributed by atoms with E-state index in [1.807, 2.05) is 28.8 Å². The SMILES string of the molecule is Oc1nccn2c(CC3CCNCC3)nc(-c3ccc4ccc(-c5ccccc5)nc4c3)c12. The van der Waals surface area contributed by atoms with Gasteiger partial charge in [-0.15, -0.1) is 0 Å². The Balaban J connectivity index is 1.46. The molecule has 6 heteroatoms. The Labute approximate surface area is 192 Å². The third kappa shape index (κ3) is 3.72. The van der Waals surface area contributed by atoms with E-state index in [1.54, 1.807) is 6.20 Å². The van der Waals surface area contributed by atoms with Crippen LogP contribution in [0.1, 0.15) is 18.7 Å². The molecule has 0 amide bonds. The summed E-state index contributed by atoms with van der Waals surface area (Å²) in [6, 6.07) is 20.5. The maximum absolute atomic E-state index is 10.6. The molecule has 0 unspecified atom stereocenters. The monoisotopic (exact) mass is 435 g/mol. The van der Waals surface area contributed by atoms with Gasteiger partial charge in [-0.05, 0) is 44.0 Å². The van der Waals surface area contributed by atoms with Crippen LogP contribution in [0.4, 0.5) is 0 Å². The first-order chi connectivity index (χ1) is 16.3. The van der Waals surface area contributed by atoms with Crippen LogP contribution in [0.3, 0.4) is 0 Å². The van der Waals surface area contributed by atoms with E-state index < -0.39 is 0 Å². The van der Waals surface area contributed by atoms with Crippen LogP contribution in [0.5, 0.6) is 5.88 Å². The first kappa shape index (κ1) is 19.9. The number of hydrogen-bond acceptors (Lipinski definition) is 5. The van der Waals surface area contributed by atoms with Crippen LogP contribution >= 0.6 is 0 Å². The number of piperidine rings is 1. The molecule has 0 bridgehead atoms. The average molecular weight is 436 g/mol. The van der Waals surface area contributed by atoms with Gasteiger partial charge in [0.1, 0.15) is 17.0 Å². The standard InChI is InChI=1S/C27H25N5O/c33-27-26-25(31-24(32(26)15-14-29-27)16-18-10-12-28-13-11-18)21-7-6-20-8-9-22(30-23(20)17-21)19-4-2-1-3-5-19/h1-9,14-15,17-18,28H,10-13,16H2,(H,29,33). The lowest BCUT2D eigenvalue weighted by molar-refractivity contribution is 0.366. The van der Waals surface area contributed by atoms with Crippen molar-refractivity contribution in [3.8, 4) is 28.4 Å². The number of rotatable bonds is 4. The number of pyridine rings is 1. The van der Waals surface area contributed by atoms with Gasteiger partial charge in [0.15, 0.2) is 0 Å². The summed E-state index contributed by atoms with van der Waals surface area (Å²) in [5, 5.41) is 15.1. The van der Waals surface area contributed by atoms with Crippen molar-refractivity contribution in [1.82, 2.24) is 24.7 Å². The van der Waals surface area contributed by atoms with Gasteiger partial charge in [-0.1, -0.05) is 48.5 Å². The molecule has 5 aromatic rings. The molecule has 1 aliphatic rings. The molecule has 1 aliphatic heterocycles. The molecule has 6 nitrogen and oxygen atoms in total. The number of aromatic nitrogens is 4. The van der Waals surface area contributed by atoms with Gasteiger partial charge in [0.05, 0.1) is 11.2 Å². The Morgan fingerprint density at radius 2 is 1.76 bits per heavy atom. The highest BCUT2D eigenvalue weighted by molar-refractivity contribution is 5.89. The first-order valence-corrected chi connectivity index (χ1v) is 11.5. The van der Waals surface area contributed by atoms with E-state index in [0.717, 1.165) is 71.6 Å². The molecule has 0 atom stereocenters. The fourth-order valence-corrected chi connectivity index (χ4v) is 4.81. The van der Waals surface area contributed by atoms with Gasteiger partial charge in [0, 0.05) is 35.3 Å². The average Bonchev–Trinajstić information content (AvgIpc) is 3.24. The number of nitrogens with one attached hydrogen (secondary N) is 1. The highest BCUT2D eigenvalue weighted by Crippen LogP contribution is 2.33. The third-order valence-corrected chi connectivity index (χ3v) is 6.57. The van der Waals surface area contributed by atoms with Gasteiger partial charge < -0.3 is 10.4 Å². The second kappa shape index (κ2) is 8.30. The van der Waals surface area contributed by atoms with E-state index in [4.69, 9.17) is 9.97 Å². The number of hydrogen-bond donors (Lipinski definition) is 2. The summed E-state index contributed by atoms with van der Waals surface area (Å²) in [6.45, 7) is 2.10. The van der Waals surface area contributed by atoms with E-state index in [1.165, 1.54) is 0 Å². The van der Waals surface area contributed by atoms with Crippen LogP contribution in [0.25, 0.3) is 38.9 Å². The Hall–Kier alpha value is -3.77. The highest BCUT2D eigenvalue weighted by atomic mass is 16.3. The second-order valence-corrected chi connectivity index (χ2v) is 8.71. The minimum absolute atomic E-state index is 0.00246. The Bertz CT molecular complexity index is 1440. The van der Waals surface area contributed by atoms with Crippen molar-refractivity contribution in [2.24, 2.45) is 5.92 Å². The lowest BCUT2D eigenvalue weighted by atomic mass is 9.94. The maximum Gasteiger partial charge on any atom is 0.238 e. The summed E-state index contributed by atoms with van der Waals surface area (Å²) in [6.07, 6.45) is 6.70. The molecule has 1 fully saturated rings. The predicted molar refractivity (Wildman–Crippen MR) is 130 cm³/mol. The van der Waals surface area contributed by atoms with Crippen LogP contribution < -0.4 is 5.32 Å². The topological polar surface area (TPSA) is 75.3 Å². The normalized spacial score (nSPS) is 14.8. The van der Waals surface area contributed by atoms with Crippen LogP contribution in [-0.2, 0) is 6.42 Å². The largest absolute Gasteiger partial charge is 0.492 e. The Morgan fingerprint density at radius 3 is 2.61 bits per heavy atom. The number of aromatic hydroxyl groups is 1. The molecule has 0 radical (unpaired) electrons. The lowest BCUT2D eigenvalue weighted by Gasteiger charge is -2.21. The van der Waals surface area contributed by atoms with Gasteiger partial charge in [-0.25, -0.2) is 15.0 Å². The smallest absolute Gasteiger partial charge is 0.238 e. The molecule has 33 heavy (non-hydrogen) atoms. The van der Waals surface area contributed by atoms with E-state index >= 15 is 0 Å². The lowest BCUT2D eigenvalue weighted by Crippen LogP contribution is -2.29. The van der Waals surface area contributed by atoms with Gasteiger partial charge >= 0.3 is 0 Å².